The SMILES string of the molecule is Cc1ccc(Cn2nc(C)c(/C=N\NC(=O)c3cc4c(s3)CCC4)c2C)cc1. The van der Waals surface area contributed by atoms with Crippen molar-refractivity contribution in [2.75, 3.05) is 0 Å². The zero-order valence-electron chi connectivity index (χ0n) is 16.5. The second kappa shape index (κ2) is 7.72. The molecule has 0 spiro atoms. The second-order valence-electron chi connectivity index (χ2n) is 7.34. The van der Waals surface area contributed by atoms with Crippen molar-refractivity contribution in [2.45, 2.75) is 46.6 Å². The molecule has 0 fully saturated rings. The summed E-state index contributed by atoms with van der Waals surface area (Å²) in [7, 11) is 0. The quantitative estimate of drug-likeness (QED) is 0.523. The van der Waals surface area contributed by atoms with E-state index in [0.717, 1.165) is 34.7 Å². The van der Waals surface area contributed by atoms with Crippen LogP contribution in [0.15, 0.2) is 35.4 Å². The average Bonchev–Trinajstić information content (AvgIpc) is 3.33. The smallest absolute Gasteiger partial charge is 0.266 e. The van der Waals surface area contributed by atoms with Gasteiger partial charge in [-0.1, -0.05) is 29.8 Å². The van der Waals surface area contributed by atoms with Crippen LogP contribution in [0.1, 0.15) is 54.6 Å². The first kappa shape index (κ1) is 18.6. The van der Waals surface area contributed by atoms with Crippen molar-refractivity contribution in [3.8, 4) is 0 Å². The number of amides is 1. The van der Waals surface area contributed by atoms with E-state index in [4.69, 9.17) is 0 Å². The molecule has 144 valence electrons. The molecule has 0 aliphatic heterocycles. The van der Waals surface area contributed by atoms with E-state index in [1.807, 2.05) is 24.6 Å². The van der Waals surface area contributed by atoms with E-state index in [0.29, 0.717) is 6.54 Å². The standard InChI is InChI=1S/C22H24N4OS/c1-14-7-9-17(10-8-14)13-26-16(3)19(15(2)25-26)12-23-24-22(27)21-11-18-5-4-6-20(18)28-21/h7-12H,4-6,13H2,1-3H3,(H,24,27)/b23-12-. The largest absolute Gasteiger partial charge is 0.281 e. The fourth-order valence-electron chi connectivity index (χ4n) is 3.57. The summed E-state index contributed by atoms with van der Waals surface area (Å²) < 4.78 is 1.98. The van der Waals surface area contributed by atoms with Crippen molar-refractivity contribution in [2.24, 2.45) is 5.10 Å². The lowest BCUT2D eigenvalue weighted by molar-refractivity contribution is 0.0959. The Morgan fingerprint density at radius 1 is 1.25 bits per heavy atom. The van der Waals surface area contributed by atoms with Crippen LogP contribution in [-0.4, -0.2) is 21.9 Å². The summed E-state index contributed by atoms with van der Waals surface area (Å²) in [5, 5.41) is 8.82. The fourth-order valence-corrected chi connectivity index (χ4v) is 4.71. The number of hydrogen-bond acceptors (Lipinski definition) is 4. The van der Waals surface area contributed by atoms with E-state index < -0.39 is 0 Å². The molecule has 0 saturated heterocycles. The molecular formula is C22H24N4OS. The van der Waals surface area contributed by atoms with Crippen LogP contribution in [0.25, 0.3) is 0 Å². The van der Waals surface area contributed by atoms with Gasteiger partial charge in [-0.3, -0.25) is 9.48 Å². The molecule has 1 aliphatic carbocycles. The first-order chi connectivity index (χ1) is 13.5. The molecule has 5 nitrogen and oxygen atoms in total. The molecular weight excluding hydrogens is 368 g/mol. The fraction of sp³-hybridized carbons (Fsp3) is 0.318. The third kappa shape index (κ3) is 3.78. The van der Waals surface area contributed by atoms with Crippen LogP contribution < -0.4 is 5.43 Å². The van der Waals surface area contributed by atoms with E-state index >= 15 is 0 Å². The topological polar surface area (TPSA) is 59.3 Å². The number of benzene rings is 1. The highest BCUT2D eigenvalue weighted by atomic mass is 32.1. The highest BCUT2D eigenvalue weighted by Gasteiger charge is 2.18. The van der Waals surface area contributed by atoms with Gasteiger partial charge in [0.1, 0.15) is 0 Å². The number of nitrogens with one attached hydrogen (secondary N) is 1. The van der Waals surface area contributed by atoms with Gasteiger partial charge in [-0.15, -0.1) is 11.3 Å². The Morgan fingerprint density at radius 3 is 2.79 bits per heavy atom. The average molecular weight is 393 g/mol. The molecule has 0 saturated carbocycles. The third-order valence-corrected chi connectivity index (χ3v) is 6.46. The van der Waals surface area contributed by atoms with Gasteiger partial charge in [0, 0.05) is 16.1 Å². The molecule has 3 aromatic rings. The molecule has 0 bridgehead atoms. The van der Waals surface area contributed by atoms with Crippen LogP contribution in [0, 0.1) is 20.8 Å². The van der Waals surface area contributed by atoms with Crippen LogP contribution in [0.5, 0.6) is 0 Å². The monoisotopic (exact) mass is 392 g/mol. The van der Waals surface area contributed by atoms with Crippen LogP contribution in [0.3, 0.4) is 0 Å². The number of thiophene rings is 1. The van der Waals surface area contributed by atoms with Gasteiger partial charge in [-0.05, 0) is 57.2 Å². The van der Waals surface area contributed by atoms with Crippen LogP contribution in [0.2, 0.25) is 0 Å². The summed E-state index contributed by atoms with van der Waals surface area (Å²) in [5.74, 6) is -0.141. The number of hydrazone groups is 1. The Balaban J connectivity index is 1.44. The molecule has 0 atom stereocenters. The molecule has 6 heteroatoms. The van der Waals surface area contributed by atoms with E-state index in [9.17, 15) is 4.79 Å². The molecule has 28 heavy (non-hydrogen) atoms. The highest BCUT2D eigenvalue weighted by Crippen LogP contribution is 2.30. The van der Waals surface area contributed by atoms with Crippen molar-refractivity contribution in [1.29, 1.82) is 0 Å². The zero-order chi connectivity index (χ0) is 19.7. The van der Waals surface area contributed by atoms with Crippen molar-refractivity contribution >= 4 is 23.5 Å². The van der Waals surface area contributed by atoms with Crippen molar-refractivity contribution in [1.82, 2.24) is 15.2 Å². The molecule has 2 heterocycles. The van der Waals surface area contributed by atoms with Crippen LogP contribution in [-0.2, 0) is 19.4 Å². The van der Waals surface area contributed by atoms with Gasteiger partial charge in [0.05, 0.1) is 23.3 Å². The Hall–Kier alpha value is -2.73. The maximum absolute atomic E-state index is 12.3. The number of fused-ring (bicyclic) bond motifs is 1. The maximum atomic E-state index is 12.3. The normalized spacial score (nSPS) is 13.2. The third-order valence-electron chi connectivity index (χ3n) is 5.22. The highest BCUT2D eigenvalue weighted by molar-refractivity contribution is 7.14. The Labute approximate surface area is 169 Å². The number of nitrogens with zero attached hydrogens (tertiary/aromatic N) is 3. The molecule has 1 amide bonds. The first-order valence-corrected chi connectivity index (χ1v) is 10.4. The summed E-state index contributed by atoms with van der Waals surface area (Å²) in [6, 6.07) is 10.5. The molecule has 0 unspecified atom stereocenters. The molecule has 1 N–H and O–H groups in total. The lowest BCUT2D eigenvalue weighted by Crippen LogP contribution is -2.16. The Morgan fingerprint density at radius 2 is 2.04 bits per heavy atom. The van der Waals surface area contributed by atoms with Crippen molar-refractivity contribution in [3.63, 3.8) is 0 Å². The van der Waals surface area contributed by atoms with Gasteiger partial charge >= 0.3 is 0 Å². The number of hydrogen-bond donors (Lipinski definition) is 1. The van der Waals surface area contributed by atoms with Gasteiger partial charge in [0.25, 0.3) is 5.91 Å². The predicted molar refractivity (Wildman–Crippen MR) is 113 cm³/mol. The van der Waals surface area contributed by atoms with Crippen molar-refractivity contribution in [3.05, 3.63) is 73.7 Å². The lowest BCUT2D eigenvalue weighted by Gasteiger charge is -2.05. The van der Waals surface area contributed by atoms with Gasteiger partial charge in [-0.2, -0.15) is 10.2 Å². The maximum Gasteiger partial charge on any atom is 0.281 e. The molecule has 1 aliphatic rings. The summed E-state index contributed by atoms with van der Waals surface area (Å²) in [6.45, 7) is 6.79. The van der Waals surface area contributed by atoms with Crippen LogP contribution >= 0.6 is 11.3 Å². The predicted octanol–water partition coefficient (Wildman–Crippen LogP) is 4.17. The Bertz CT molecular complexity index is 1020. The molecule has 1 aromatic carbocycles. The van der Waals surface area contributed by atoms with Gasteiger partial charge in [-0.25, -0.2) is 5.43 Å². The van der Waals surface area contributed by atoms with E-state index in [1.165, 1.54) is 28.0 Å². The molecule has 2 aromatic heterocycles. The minimum Gasteiger partial charge on any atom is -0.266 e. The van der Waals surface area contributed by atoms with Gasteiger partial charge < -0.3 is 0 Å². The summed E-state index contributed by atoms with van der Waals surface area (Å²) >= 11 is 1.59. The van der Waals surface area contributed by atoms with Gasteiger partial charge in [0.2, 0.25) is 0 Å². The number of carbonyl (C=O) groups excluding carboxylic acids is 1. The van der Waals surface area contributed by atoms with E-state index in [2.05, 4.69) is 46.8 Å². The number of aromatic nitrogens is 2. The second-order valence-corrected chi connectivity index (χ2v) is 8.48. The minimum absolute atomic E-state index is 0.141. The summed E-state index contributed by atoms with van der Waals surface area (Å²) in [6.07, 6.45) is 5.07. The Kier molecular flexibility index (Phi) is 5.13. The van der Waals surface area contributed by atoms with Crippen LogP contribution in [0.4, 0.5) is 0 Å². The lowest BCUT2D eigenvalue weighted by atomic mass is 10.1. The van der Waals surface area contributed by atoms with E-state index in [-0.39, 0.29) is 5.91 Å². The molecule has 0 radical (unpaired) electrons. The number of aryl methyl sites for hydroxylation is 4. The van der Waals surface area contributed by atoms with Gasteiger partial charge in [0.15, 0.2) is 0 Å². The van der Waals surface area contributed by atoms with Crippen molar-refractivity contribution < 1.29 is 4.79 Å². The number of carbonyl (C=O) groups is 1. The number of rotatable bonds is 5. The zero-order valence-corrected chi connectivity index (χ0v) is 17.3. The summed E-state index contributed by atoms with van der Waals surface area (Å²) in [4.78, 5) is 14.4. The summed E-state index contributed by atoms with van der Waals surface area (Å²) in [5.41, 5.74) is 9.32. The molecule has 4 rings (SSSR count). The first-order valence-electron chi connectivity index (χ1n) is 9.56. The minimum atomic E-state index is -0.141. The van der Waals surface area contributed by atoms with E-state index in [1.54, 1.807) is 17.6 Å².